The molecule has 2 heterocycles. The zero-order valence-electron chi connectivity index (χ0n) is 23.8. The predicted octanol–water partition coefficient (Wildman–Crippen LogP) is 6.04. The summed E-state index contributed by atoms with van der Waals surface area (Å²) in [5.74, 6) is 0.982. The zero-order chi connectivity index (χ0) is 29.6. The van der Waals surface area contributed by atoms with Gasteiger partial charge in [0.15, 0.2) is 0 Å². The first kappa shape index (κ1) is 29.5. The molecule has 1 aliphatic carbocycles. The molecular formula is C32H36ClN3O6. The van der Waals surface area contributed by atoms with E-state index >= 15 is 0 Å². The molecule has 3 aromatic rings. The van der Waals surface area contributed by atoms with Crippen LogP contribution < -0.4 is 14.8 Å². The number of rotatable bonds is 9. The second-order valence-corrected chi connectivity index (χ2v) is 11.1. The Morgan fingerprint density at radius 3 is 2.57 bits per heavy atom. The quantitative estimate of drug-likeness (QED) is 0.279. The number of aliphatic hydroxyl groups is 1. The molecule has 1 aliphatic heterocycles. The molecule has 0 saturated carbocycles. The molecule has 0 fully saturated rings. The van der Waals surface area contributed by atoms with E-state index in [1.165, 1.54) is 22.4 Å². The van der Waals surface area contributed by atoms with Gasteiger partial charge in [-0.1, -0.05) is 42.3 Å². The number of alkyl carbamates (subject to hydrolysis) is 1. The first-order chi connectivity index (χ1) is 20.3. The largest absolute Gasteiger partial charge is 0.491 e. The molecule has 3 N–H and O–H groups in total. The van der Waals surface area contributed by atoms with Crippen LogP contribution in [-0.2, 0) is 17.6 Å². The molecule has 2 unspecified atom stereocenters. The number of amides is 2. The number of benzene rings is 2. The van der Waals surface area contributed by atoms with E-state index in [0.717, 1.165) is 36.9 Å². The van der Waals surface area contributed by atoms with Gasteiger partial charge in [0.2, 0.25) is 0 Å². The summed E-state index contributed by atoms with van der Waals surface area (Å²) in [6.45, 7) is 4.90. The van der Waals surface area contributed by atoms with Crippen LogP contribution in [0.2, 0.25) is 5.02 Å². The summed E-state index contributed by atoms with van der Waals surface area (Å²) in [6.07, 6.45) is 3.73. The van der Waals surface area contributed by atoms with Crippen LogP contribution in [-0.4, -0.2) is 59.6 Å². The van der Waals surface area contributed by atoms with Crippen LogP contribution in [0.1, 0.15) is 60.8 Å². The van der Waals surface area contributed by atoms with Gasteiger partial charge in [-0.05, 0) is 85.7 Å². The highest BCUT2D eigenvalue weighted by Gasteiger charge is 2.37. The van der Waals surface area contributed by atoms with Gasteiger partial charge in [0.1, 0.15) is 30.3 Å². The topological polar surface area (TPSA) is 113 Å². The second-order valence-electron chi connectivity index (χ2n) is 10.6. The normalized spacial score (nSPS) is 16.5. The molecule has 2 amide bonds. The monoisotopic (exact) mass is 593 g/mol. The number of fused-ring (bicyclic) bond motifs is 3. The fourth-order valence-corrected chi connectivity index (χ4v) is 5.44. The van der Waals surface area contributed by atoms with Crippen LogP contribution in [0, 0.1) is 0 Å². The lowest BCUT2D eigenvalue weighted by atomic mass is 9.89. The maximum Gasteiger partial charge on any atom is 0.416 e. The van der Waals surface area contributed by atoms with Gasteiger partial charge in [-0.2, -0.15) is 0 Å². The van der Waals surface area contributed by atoms with Crippen LogP contribution in [0.5, 0.6) is 11.5 Å². The molecule has 10 heteroatoms. The lowest BCUT2D eigenvalue weighted by molar-refractivity contribution is 0.0980. The summed E-state index contributed by atoms with van der Waals surface area (Å²) in [4.78, 5) is 30.5. The Labute approximate surface area is 250 Å². The molecule has 5 rings (SSSR count). The molecule has 2 aliphatic rings. The van der Waals surface area contributed by atoms with Crippen molar-refractivity contribution in [3.63, 3.8) is 0 Å². The van der Waals surface area contributed by atoms with E-state index in [-0.39, 0.29) is 19.2 Å². The van der Waals surface area contributed by atoms with Crippen molar-refractivity contribution in [3.8, 4) is 11.5 Å². The Kier molecular flexibility index (Phi) is 9.39. The molecule has 9 nitrogen and oxygen atoms in total. The van der Waals surface area contributed by atoms with E-state index in [1.807, 2.05) is 31.2 Å². The van der Waals surface area contributed by atoms with Gasteiger partial charge in [0.25, 0.3) is 0 Å². The number of aromatic nitrogens is 1. The van der Waals surface area contributed by atoms with Crippen molar-refractivity contribution in [2.45, 2.75) is 51.7 Å². The van der Waals surface area contributed by atoms with E-state index in [2.05, 4.69) is 23.3 Å². The Morgan fingerprint density at radius 1 is 1.10 bits per heavy atom. The number of halogens is 1. The van der Waals surface area contributed by atoms with E-state index in [4.69, 9.17) is 25.8 Å². The molecule has 2 aromatic carbocycles. The molecule has 2 atom stereocenters. The second kappa shape index (κ2) is 13.4. The minimum absolute atomic E-state index is 0.00441. The summed E-state index contributed by atoms with van der Waals surface area (Å²) < 4.78 is 16.5. The third-order valence-electron chi connectivity index (χ3n) is 7.42. The van der Waals surface area contributed by atoms with Gasteiger partial charge in [-0.3, -0.25) is 4.90 Å². The Hall–Kier alpha value is -3.95. The van der Waals surface area contributed by atoms with Crippen LogP contribution in [0.4, 0.5) is 9.59 Å². The highest BCUT2D eigenvalue weighted by molar-refractivity contribution is 6.30. The number of ether oxygens (including phenoxy) is 3. The Bertz CT molecular complexity index is 1430. The fourth-order valence-electron chi connectivity index (χ4n) is 5.31. The average Bonchev–Trinajstić information content (AvgIpc) is 3.36. The molecular weight excluding hydrogens is 558 g/mol. The van der Waals surface area contributed by atoms with Gasteiger partial charge in [-0.25, -0.2) is 9.59 Å². The van der Waals surface area contributed by atoms with Crippen molar-refractivity contribution in [2.24, 2.45) is 0 Å². The van der Waals surface area contributed by atoms with Crippen molar-refractivity contribution in [1.82, 2.24) is 15.2 Å². The molecule has 0 radical (unpaired) electrons. The molecule has 0 saturated heterocycles. The molecule has 42 heavy (non-hydrogen) atoms. The summed E-state index contributed by atoms with van der Waals surface area (Å²) in [7, 11) is 0. The number of carbonyl (C=O) groups excluding carboxylic acids is 2. The van der Waals surface area contributed by atoms with Crippen LogP contribution in [0.3, 0.4) is 0 Å². The van der Waals surface area contributed by atoms with Gasteiger partial charge < -0.3 is 29.6 Å². The standard InChI is InChI=1S/C32H36ClN3O6/c1-3-16-40-31(38)34-18-23(37)19-41-24-9-5-21(6-10-24)30-29-26(27-17-20(2)4-13-28(27)35-29)14-15-36(30)32(39)42-25-11-7-22(33)8-12-25/h5-12,17,23,30,35,37H,3-4,13-16,18-19H2,1-2H3,(H,34,38). The Balaban J connectivity index is 1.33. The maximum atomic E-state index is 13.5. The van der Waals surface area contributed by atoms with Crippen LogP contribution >= 0.6 is 11.6 Å². The third-order valence-corrected chi connectivity index (χ3v) is 7.67. The number of allylic oxidation sites excluding steroid dienone is 1. The predicted molar refractivity (Wildman–Crippen MR) is 160 cm³/mol. The summed E-state index contributed by atoms with van der Waals surface area (Å²) in [6, 6.07) is 13.8. The number of nitrogens with one attached hydrogen (secondary N) is 2. The van der Waals surface area contributed by atoms with Gasteiger partial charge in [-0.15, -0.1) is 0 Å². The highest BCUT2D eigenvalue weighted by atomic mass is 35.5. The highest BCUT2D eigenvalue weighted by Crippen LogP contribution is 2.40. The average molecular weight is 594 g/mol. The van der Waals surface area contributed by atoms with E-state index in [0.29, 0.717) is 29.7 Å². The summed E-state index contributed by atoms with van der Waals surface area (Å²) in [5.41, 5.74) is 6.92. The van der Waals surface area contributed by atoms with E-state index < -0.39 is 18.3 Å². The number of H-pyrrole nitrogens is 1. The number of hydrogen-bond acceptors (Lipinski definition) is 6. The number of aromatic amines is 1. The number of carbonyl (C=O) groups is 2. The van der Waals surface area contributed by atoms with E-state index in [1.54, 1.807) is 29.2 Å². The third kappa shape index (κ3) is 6.91. The Morgan fingerprint density at radius 2 is 1.83 bits per heavy atom. The molecule has 0 spiro atoms. The fraction of sp³-hybridized carbons (Fsp3) is 0.375. The van der Waals surface area contributed by atoms with Crippen molar-refractivity contribution in [1.29, 1.82) is 0 Å². The first-order valence-electron chi connectivity index (χ1n) is 14.3. The summed E-state index contributed by atoms with van der Waals surface area (Å²) in [5, 5.41) is 13.3. The van der Waals surface area contributed by atoms with Crippen molar-refractivity contribution < 1.29 is 28.9 Å². The minimum Gasteiger partial charge on any atom is -0.491 e. The smallest absolute Gasteiger partial charge is 0.416 e. The van der Waals surface area contributed by atoms with E-state index in [9.17, 15) is 14.7 Å². The minimum atomic E-state index is -0.903. The zero-order valence-corrected chi connectivity index (χ0v) is 24.6. The van der Waals surface area contributed by atoms with Crippen molar-refractivity contribution in [2.75, 3.05) is 26.3 Å². The van der Waals surface area contributed by atoms with Crippen LogP contribution in [0.25, 0.3) is 6.08 Å². The lowest BCUT2D eigenvalue weighted by Gasteiger charge is -2.35. The van der Waals surface area contributed by atoms with Crippen LogP contribution in [0.15, 0.2) is 54.1 Å². The number of nitrogens with zero attached hydrogens (tertiary/aromatic N) is 1. The van der Waals surface area contributed by atoms with Gasteiger partial charge in [0.05, 0.1) is 13.2 Å². The van der Waals surface area contributed by atoms with Gasteiger partial charge in [0, 0.05) is 23.0 Å². The SMILES string of the molecule is CCCOC(=O)NCC(O)COc1ccc(C2c3[nH]c4c(c3CCN2C(=O)Oc2ccc(Cl)cc2)C=C(C)CC4)cc1. The lowest BCUT2D eigenvalue weighted by Crippen LogP contribution is -2.42. The van der Waals surface area contributed by atoms with Crippen molar-refractivity contribution in [3.05, 3.63) is 87.2 Å². The summed E-state index contributed by atoms with van der Waals surface area (Å²) >= 11 is 6.01. The molecule has 0 bridgehead atoms. The maximum absolute atomic E-state index is 13.5. The number of aliphatic hydroxyl groups excluding tert-OH is 1. The van der Waals surface area contributed by atoms with Gasteiger partial charge >= 0.3 is 12.2 Å². The number of hydrogen-bond donors (Lipinski definition) is 3. The van der Waals surface area contributed by atoms with Crippen molar-refractivity contribution >= 4 is 29.9 Å². The molecule has 222 valence electrons. The molecule has 1 aromatic heterocycles. The first-order valence-corrected chi connectivity index (χ1v) is 14.7. The number of aryl methyl sites for hydroxylation is 1.